The molecule has 2 fully saturated rings. The Hall–Kier alpha value is -0.380. The number of rotatable bonds is 8. The van der Waals surface area contributed by atoms with E-state index in [9.17, 15) is 0 Å². The maximum absolute atomic E-state index is 6.18. The van der Waals surface area contributed by atoms with E-state index < -0.39 is 0 Å². The third-order valence-electron chi connectivity index (χ3n) is 5.07. The molecule has 0 spiro atoms. The van der Waals surface area contributed by atoms with Crippen molar-refractivity contribution in [2.45, 2.75) is 52.1 Å². The third kappa shape index (κ3) is 3.88. The van der Waals surface area contributed by atoms with E-state index in [0.29, 0.717) is 11.5 Å². The Morgan fingerprint density at radius 1 is 1.43 bits per heavy atom. The van der Waals surface area contributed by atoms with Crippen molar-refractivity contribution in [2.24, 2.45) is 17.3 Å². The van der Waals surface area contributed by atoms with E-state index in [1.165, 1.54) is 37.7 Å². The van der Waals surface area contributed by atoms with Gasteiger partial charge in [0.15, 0.2) is 0 Å². The molecule has 1 saturated heterocycles. The molecule has 1 aliphatic carbocycles. The van der Waals surface area contributed by atoms with Crippen molar-refractivity contribution in [3.63, 3.8) is 0 Å². The van der Waals surface area contributed by atoms with Gasteiger partial charge in [0.2, 0.25) is 0 Å². The number of nitrogens with one attached hydrogen (secondary N) is 1. The fourth-order valence-corrected chi connectivity index (χ4v) is 4.43. The van der Waals surface area contributed by atoms with Gasteiger partial charge in [0.25, 0.3) is 0 Å². The second kappa shape index (κ2) is 6.80. The van der Waals surface area contributed by atoms with Gasteiger partial charge in [-0.15, -0.1) is 0 Å². The molecule has 1 aromatic rings. The molecule has 1 aliphatic heterocycles. The van der Waals surface area contributed by atoms with Crippen molar-refractivity contribution in [2.75, 3.05) is 19.7 Å². The standard InChI is InChI=1S/C18H29NOS/c1-14(2)11-19-13-18(7-5-15-6-10-21-12-15)8-9-20-17(18)16-3-4-16/h6,10,12,14,16-17,19H,3-5,7-9,11,13H2,1-2H3. The number of ether oxygens (including phenoxy) is 1. The van der Waals surface area contributed by atoms with Gasteiger partial charge in [-0.25, -0.2) is 0 Å². The Balaban J connectivity index is 1.64. The van der Waals surface area contributed by atoms with Gasteiger partial charge >= 0.3 is 0 Å². The molecule has 1 saturated carbocycles. The molecule has 2 nitrogen and oxygen atoms in total. The average molecular weight is 308 g/mol. The van der Waals surface area contributed by atoms with Crippen LogP contribution in [0.4, 0.5) is 0 Å². The first-order valence-electron chi connectivity index (χ1n) is 8.53. The van der Waals surface area contributed by atoms with E-state index in [-0.39, 0.29) is 0 Å². The maximum atomic E-state index is 6.18. The van der Waals surface area contributed by atoms with Crippen molar-refractivity contribution in [3.05, 3.63) is 22.4 Å². The van der Waals surface area contributed by atoms with Crippen LogP contribution in [0.2, 0.25) is 0 Å². The Kier molecular flexibility index (Phi) is 5.03. The van der Waals surface area contributed by atoms with E-state index in [4.69, 9.17) is 4.74 Å². The molecule has 2 heterocycles. The number of hydrogen-bond donors (Lipinski definition) is 1. The topological polar surface area (TPSA) is 21.3 Å². The normalized spacial score (nSPS) is 29.4. The predicted octanol–water partition coefficient (Wildman–Crippen LogP) is 4.11. The van der Waals surface area contributed by atoms with E-state index in [0.717, 1.165) is 31.5 Å². The molecule has 0 bridgehead atoms. The lowest BCUT2D eigenvalue weighted by atomic mass is 9.74. The first-order valence-corrected chi connectivity index (χ1v) is 9.47. The smallest absolute Gasteiger partial charge is 0.0672 e. The van der Waals surface area contributed by atoms with Gasteiger partial charge in [-0.2, -0.15) is 11.3 Å². The second-order valence-corrected chi connectivity index (χ2v) is 8.18. The van der Waals surface area contributed by atoms with Gasteiger partial charge in [-0.3, -0.25) is 0 Å². The highest BCUT2D eigenvalue weighted by molar-refractivity contribution is 7.07. The average Bonchev–Trinajstić information content (AvgIpc) is 3.00. The van der Waals surface area contributed by atoms with Crippen molar-refractivity contribution < 1.29 is 4.74 Å². The molecule has 118 valence electrons. The molecule has 0 aromatic carbocycles. The molecule has 2 atom stereocenters. The Morgan fingerprint density at radius 3 is 2.95 bits per heavy atom. The van der Waals surface area contributed by atoms with Crippen molar-refractivity contribution in [3.8, 4) is 0 Å². The summed E-state index contributed by atoms with van der Waals surface area (Å²) in [7, 11) is 0. The van der Waals surface area contributed by atoms with Gasteiger partial charge in [-0.05, 0) is 72.9 Å². The van der Waals surface area contributed by atoms with Gasteiger partial charge in [0.1, 0.15) is 0 Å². The lowest BCUT2D eigenvalue weighted by Crippen LogP contribution is -2.43. The van der Waals surface area contributed by atoms with Crippen LogP contribution in [0.15, 0.2) is 16.8 Å². The fraction of sp³-hybridized carbons (Fsp3) is 0.778. The van der Waals surface area contributed by atoms with Gasteiger partial charge in [0.05, 0.1) is 6.10 Å². The largest absolute Gasteiger partial charge is 0.377 e. The molecule has 1 N–H and O–H groups in total. The van der Waals surface area contributed by atoms with E-state index >= 15 is 0 Å². The molecule has 0 amide bonds. The van der Waals surface area contributed by atoms with Crippen LogP contribution in [0.1, 0.15) is 45.1 Å². The van der Waals surface area contributed by atoms with Crippen LogP contribution in [-0.4, -0.2) is 25.8 Å². The summed E-state index contributed by atoms with van der Waals surface area (Å²) in [5.41, 5.74) is 1.88. The van der Waals surface area contributed by atoms with Crippen LogP contribution in [0, 0.1) is 17.3 Å². The lowest BCUT2D eigenvalue weighted by molar-refractivity contribution is 0.0264. The molecule has 1 aromatic heterocycles. The summed E-state index contributed by atoms with van der Waals surface area (Å²) in [5.74, 6) is 1.57. The Bertz CT molecular complexity index is 426. The number of thiophene rings is 1. The van der Waals surface area contributed by atoms with Crippen molar-refractivity contribution >= 4 is 11.3 Å². The molecular formula is C18H29NOS. The number of aryl methyl sites for hydroxylation is 1. The molecular weight excluding hydrogens is 278 g/mol. The lowest BCUT2D eigenvalue weighted by Gasteiger charge is -2.35. The molecule has 2 unspecified atom stereocenters. The first kappa shape index (κ1) is 15.5. The van der Waals surface area contributed by atoms with Crippen LogP contribution in [-0.2, 0) is 11.2 Å². The van der Waals surface area contributed by atoms with Crippen molar-refractivity contribution in [1.29, 1.82) is 0 Å². The van der Waals surface area contributed by atoms with Gasteiger partial charge < -0.3 is 10.1 Å². The zero-order valence-electron chi connectivity index (χ0n) is 13.4. The minimum absolute atomic E-state index is 0.373. The quantitative estimate of drug-likeness (QED) is 0.780. The minimum Gasteiger partial charge on any atom is -0.377 e. The summed E-state index contributed by atoms with van der Waals surface area (Å²) >= 11 is 1.82. The summed E-state index contributed by atoms with van der Waals surface area (Å²) in [5, 5.41) is 8.23. The van der Waals surface area contributed by atoms with Crippen molar-refractivity contribution in [1.82, 2.24) is 5.32 Å². The minimum atomic E-state index is 0.373. The first-order chi connectivity index (χ1) is 10.2. The van der Waals surface area contributed by atoms with Crippen LogP contribution >= 0.6 is 11.3 Å². The van der Waals surface area contributed by atoms with Gasteiger partial charge in [0, 0.05) is 18.6 Å². The highest BCUT2D eigenvalue weighted by atomic mass is 32.1. The maximum Gasteiger partial charge on any atom is 0.0672 e. The zero-order valence-corrected chi connectivity index (χ0v) is 14.3. The highest BCUT2D eigenvalue weighted by Gasteiger charge is 2.50. The van der Waals surface area contributed by atoms with Crippen LogP contribution in [0.5, 0.6) is 0 Å². The van der Waals surface area contributed by atoms with E-state index in [1.54, 1.807) is 0 Å². The van der Waals surface area contributed by atoms with E-state index in [2.05, 4.69) is 36.0 Å². The predicted molar refractivity (Wildman–Crippen MR) is 89.9 cm³/mol. The van der Waals surface area contributed by atoms with Crippen LogP contribution in [0.3, 0.4) is 0 Å². The summed E-state index contributed by atoms with van der Waals surface area (Å²) in [6.45, 7) is 7.80. The number of hydrogen-bond acceptors (Lipinski definition) is 3. The zero-order chi connectivity index (χ0) is 14.7. The summed E-state index contributed by atoms with van der Waals surface area (Å²) in [6, 6.07) is 2.28. The fourth-order valence-electron chi connectivity index (χ4n) is 3.73. The summed E-state index contributed by atoms with van der Waals surface area (Å²) in [4.78, 5) is 0. The van der Waals surface area contributed by atoms with Crippen LogP contribution in [0.25, 0.3) is 0 Å². The molecule has 0 radical (unpaired) electrons. The Morgan fingerprint density at radius 2 is 2.29 bits per heavy atom. The molecule has 3 heteroatoms. The highest BCUT2D eigenvalue weighted by Crippen LogP contribution is 2.49. The third-order valence-corrected chi connectivity index (χ3v) is 5.80. The molecule has 21 heavy (non-hydrogen) atoms. The molecule has 2 aliphatic rings. The SMILES string of the molecule is CC(C)CNCC1(CCc2ccsc2)CCOC1C1CC1. The van der Waals surface area contributed by atoms with Crippen LogP contribution < -0.4 is 5.32 Å². The Labute approximate surface area is 133 Å². The summed E-state index contributed by atoms with van der Waals surface area (Å²) < 4.78 is 6.18. The monoisotopic (exact) mass is 307 g/mol. The summed E-state index contributed by atoms with van der Waals surface area (Å²) in [6.07, 6.45) is 7.00. The van der Waals surface area contributed by atoms with E-state index in [1.807, 2.05) is 11.3 Å². The van der Waals surface area contributed by atoms with Gasteiger partial charge in [-0.1, -0.05) is 13.8 Å². The molecule has 3 rings (SSSR count). The second-order valence-electron chi connectivity index (χ2n) is 7.40.